The minimum absolute atomic E-state index is 0.0531. The van der Waals surface area contributed by atoms with Crippen molar-refractivity contribution in [3.8, 4) is 0 Å². The lowest BCUT2D eigenvalue weighted by Crippen LogP contribution is -2.30. The molecular formula is C12H17N3S. The number of nitrogens with zero attached hydrogens (tertiary/aromatic N) is 2. The zero-order chi connectivity index (χ0) is 11.7. The summed E-state index contributed by atoms with van der Waals surface area (Å²) < 4.78 is 1.96. The Labute approximate surface area is 99.9 Å². The summed E-state index contributed by atoms with van der Waals surface area (Å²) in [4.78, 5) is 2.58. The van der Waals surface area contributed by atoms with Gasteiger partial charge in [-0.3, -0.25) is 4.68 Å². The van der Waals surface area contributed by atoms with Crippen LogP contribution in [0.4, 0.5) is 0 Å². The Morgan fingerprint density at radius 3 is 2.50 bits per heavy atom. The van der Waals surface area contributed by atoms with Gasteiger partial charge in [-0.25, -0.2) is 0 Å². The molecule has 0 aliphatic heterocycles. The van der Waals surface area contributed by atoms with Gasteiger partial charge in [0.05, 0.1) is 5.69 Å². The molecule has 0 aliphatic rings. The van der Waals surface area contributed by atoms with Crippen LogP contribution >= 0.6 is 11.3 Å². The maximum absolute atomic E-state index is 6.07. The van der Waals surface area contributed by atoms with Crippen molar-refractivity contribution in [2.75, 3.05) is 0 Å². The summed E-state index contributed by atoms with van der Waals surface area (Å²) in [5.41, 5.74) is 7.09. The monoisotopic (exact) mass is 235 g/mol. The summed E-state index contributed by atoms with van der Waals surface area (Å²) in [5.74, 6) is 0. The third kappa shape index (κ3) is 2.18. The standard InChI is InChI=1S/C12H17N3S/c1-8-6-7-15(14-8)12(10(3)13)11-5-4-9(2)16-11/h4-7,10,12H,13H2,1-3H3. The second kappa shape index (κ2) is 4.39. The smallest absolute Gasteiger partial charge is 0.101 e. The molecule has 0 spiro atoms. The summed E-state index contributed by atoms with van der Waals surface area (Å²) in [6, 6.07) is 6.48. The minimum atomic E-state index is 0.0531. The molecule has 2 atom stereocenters. The fraction of sp³-hybridized carbons (Fsp3) is 0.417. The zero-order valence-corrected chi connectivity index (χ0v) is 10.7. The van der Waals surface area contributed by atoms with E-state index in [4.69, 9.17) is 5.73 Å². The summed E-state index contributed by atoms with van der Waals surface area (Å²) in [6.07, 6.45) is 2.00. The van der Waals surface area contributed by atoms with E-state index in [-0.39, 0.29) is 12.1 Å². The van der Waals surface area contributed by atoms with Crippen molar-refractivity contribution in [3.63, 3.8) is 0 Å². The minimum Gasteiger partial charge on any atom is -0.326 e. The van der Waals surface area contributed by atoms with E-state index in [0.717, 1.165) is 5.69 Å². The number of aryl methyl sites for hydroxylation is 2. The average molecular weight is 235 g/mol. The summed E-state index contributed by atoms with van der Waals surface area (Å²) in [6.45, 7) is 6.13. The molecule has 0 saturated carbocycles. The van der Waals surface area contributed by atoms with Gasteiger partial charge in [0, 0.05) is 22.0 Å². The van der Waals surface area contributed by atoms with Crippen molar-refractivity contribution in [1.29, 1.82) is 0 Å². The largest absolute Gasteiger partial charge is 0.326 e. The molecule has 0 amide bonds. The van der Waals surface area contributed by atoms with Crippen molar-refractivity contribution < 1.29 is 0 Å². The van der Waals surface area contributed by atoms with Crippen LogP contribution in [-0.4, -0.2) is 15.8 Å². The van der Waals surface area contributed by atoms with E-state index in [1.807, 2.05) is 30.8 Å². The number of nitrogens with two attached hydrogens (primary N) is 1. The number of aromatic nitrogens is 2. The Morgan fingerprint density at radius 2 is 2.06 bits per heavy atom. The SMILES string of the molecule is Cc1ccn(C(c2ccc(C)s2)C(C)N)n1. The van der Waals surface area contributed by atoms with Gasteiger partial charge < -0.3 is 5.73 Å². The second-order valence-corrected chi connectivity index (χ2v) is 5.51. The molecule has 2 aromatic rings. The number of thiophene rings is 1. The molecule has 0 aromatic carbocycles. The highest BCUT2D eigenvalue weighted by Crippen LogP contribution is 2.27. The highest BCUT2D eigenvalue weighted by atomic mass is 32.1. The van der Waals surface area contributed by atoms with Crippen molar-refractivity contribution in [2.24, 2.45) is 5.73 Å². The summed E-state index contributed by atoms with van der Waals surface area (Å²) >= 11 is 1.79. The van der Waals surface area contributed by atoms with Crippen molar-refractivity contribution in [1.82, 2.24) is 9.78 Å². The number of rotatable bonds is 3. The first-order valence-corrected chi connectivity index (χ1v) is 6.23. The molecule has 2 unspecified atom stereocenters. The maximum Gasteiger partial charge on any atom is 0.101 e. The molecular weight excluding hydrogens is 218 g/mol. The first-order chi connectivity index (χ1) is 7.58. The molecule has 2 heterocycles. The van der Waals surface area contributed by atoms with Crippen LogP contribution < -0.4 is 5.73 Å². The molecule has 4 heteroatoms. The van der Waals surface area contributed by atoms with Crippen LogP contribution in [0.15, 0.2) is 24.4 Å². The molecule has 2 aromatic heterocycles. The Bertz CT molecular complexity index is 430. The summed E-state index contributed by atoms with van der Waals surface area (Å²) in [5, 5.41) is 4.46. The second-order valence-electron chi connectivity index (χ2n) is 4.19. The molecule has 86 valence electrons. The van der Waals surface area contributed by atoms with Gasteiger partial charge in [0.2, 0.25) is 0 Å². The van der Waals surface area contributed by atoms with E-state index < -0.39 is 0 Å². The van der Waals surface area contributed by atoms with Gasteiger partial charge in [-0.2, -0.15) is 5.10 Å². The Kier molecular flexibility index (Phi) is 3.12. The van der Waals surface area contributed by atoms with Crippen molar-refractivity contribution in [2.45, 2.75) is 32.9 Å². The highest BCUT2D eigenvalue weighted by Gasteiger charge is 2.20. The van der Waals surface area contributed by atoms with Crippen LogP contribution in [-0.2, 0) is 0 Å². The van der Waals surface area contributed by atoms with Crippen LogP contribution in [0.1, 0.15) is 28.4 Å². The quantitative estimate of drug-likeness (QED) is 0.888. The number of hydrogen-bond donors (Lipinski definition) is 1. The molecule has 2 N–H and O–H groups in total. The van der Waals surface area contributed by atoms with Crippen LogP contribution in [0.25, 0.3) is 0 Å². The topological polar surface area (TPSA) is 43.8 Å². The summed E-state index contributed by atoms with van der Waals surface area (Å²) in [7, 11) is 0. The van der Waals surface area contributed by atoms with Gasteiger partial charge in [-0.1, -0.05) is 0 Å². The first kappa shape index (κ1) is 11.4. The predicted octanol–water partition coefficient (Wildman–Crippen LogP) is 2.50. The van der Waals surface area contributed by atoms with Crippen molar-refractivity contribution in [3.05, 3.63) is 39.8 Å². The maximum atomic E-state index is 6.07. The van der Waals surface area contributed by atoms with E-state index in [2.05, 4.69) is 24.2 Å². The normalized spacial score (nSPS) is 15.0. The number of hydrogen-bond acceptors (Lipinski definition) is 3. The first-order valence-electron chi connectivity index (χ1n) is 5.41. The van der Waals surface area contributed by atoms with Gasteiger partial charge in [-0.05, 0) is 39.0 Å². The van der Waals surface area contributed by atoms with Gasteiger partial charge in [-0.15, -0.1) is 11.3 Å². The Morgan fingerprint density at radius 1 is 1.31 bits per heavy atom. The van der Waals surface area contributed by atoms with Crippen molar-refractivity contribution >= 4 is 11.3 Å². The molecule has 0 radical (unpaired) electrons. The molecule has 2 rings (SSSR count). The lowest BCUT2D eigenvalue weighted by Gasteiger charge is -2.20. The van der Waals surface area contributed by atoms with Crippen LogP contribution in [0, 0.1) is 13.8 Å². The molecule has 3 nitrogen and oxygen atoms in total. The average Bonchev–Trinajstić information content (AvgIpc) is 2.76. The fourth-order valence-corrected chi connectivity index (χ4v) is 2.92. The van der Waals surface area contributed by atoms with Gasteiger partial charge in [0.15, 0.2) is 0 Å². The highest BCUT2D eigenvalue weighted by molar-refractivity contribution is 7.12. The van der Waals surface area contributed by atoms with E-state index in [1.165, 1.54) is 9.75 Å². The molecule has 0 saturated heterocycles. The molecule has 0 aliphatic carbocycles. The predicted molar refractivity (Wildman–Crippen MR) is 67.8 cm³/mol. The van der Waals surface area contributed by atoms with Gasteiger partial charge >= 0.3 is 0 Å². The van der Waals surface area contributed by atoms with Crippen LogP contribution in [0.5, 0.6) is 0 Å². The van der Waals surface area contributed by atoms with E-state index >= 15 is 0 Å². The molecule has 16 heavy (non-hydrogen) atoms. The van der Waals surface area contributed by atoms with Crippen LogP contribution in [0.3, 0.4) is 0 Å². The third-order valence-electron chi connectivity index (χ3n) is 2.58. The van der Waals surface area contributed by atoms with Gasteiger partial charge in [0.25, 0.3) is 0 Å². The fourth-order valence-electron chi connectivity index (χ4n) is 1.83. The lowest BCUT2D eigenvalue weighted by atomic mass is 10.1. The van der Waals surface area contributed by atoms with E-state index in [1.54, 1.807) is 11.3 Å². The Hall–Kier alpha value is -1.13. The van der Waals surface area contributed by atoms with Crippen LogP contribution in [0.2, 0.25) is 0 Å². The lowest BCUT2D eigenvalue weighted by molar-refractivity contribution is 0.458. The van der Waals surface area contributed by atoms with Gasteiger partial charge in [0.1, 0.15) is 6.04 Å². The van der Waals surface area contributed by atoms with E-state index in [9.17, 15) is 0 Å². The third-order valence-corrected chi connectivity index (χ3v) is 3.65. The van der Waals surface area contributed by atoms with E-state index in [0.29, 0.717) is 0 Å². The molecule has 0 bridgehead atoms. The Balaban J connectivity index is 2.38. The zero-order valence-electron chi connectivity index (χ0n) is 9.84. The molecule has 0 fully saturated rings.